The van der Waals surface area contributed by atoms with Gasteiger partial charge in [-0.15, -0.1) is 11.3 Å². The summed E-state index contributed by atoms with van der Waals surface area (Å²) in [5.74, 6) is 0.310. The van der Waals surface area contributed by atoms with Gasteiger partial charge < -0.3 is 14.6 Å². The molecule has 6 heteroatoms. The minimum absolute atomic E-state index is 0.0200. The van der Waals surface area contributed by atoms with E-state index in [9.17, 15) is 9.59 Å². The van der Waals surface area contributed by atoms with Gasteiger partial charge in [-0.25, -0.2) is 0 Å². The Morgan fingerprint density at radius 3 is 2.71 bits per heavy atom. The number of nitrogens with one attached hydrogen (secondary N) is 1. The van der Waals surface area contributed by atoms with E-state index in [1.807, 2.05) is 60.8 Å². The second-order valence-corrected chi connectivity index (χ2v) is 7.97. The summed E-state index contributed by atoms with van der Waals surface area (Å²) in [6.07, 6.45) is 2.47. The van der Waals surface area contributed by atoms with Gasteiger partial charge in [0.1, 0.15) is 5.76 Å². The molecule has 1 N–H and O–H groups in total. The minimum Gasteiger partial charge on any atom is -0.469 e. The number of rotatable bonds is 6. The highest BCUT2D eigenvalue weighted by atomic mass is 32.1. The number of aryl methyl sites for hydroxylation is 1. The molecule has 3 aromatic rings. The quantitative estimate of drug-likeness (QED) is 0.685. The molecular formula is C22H22N2O3S. The Bertz CT molecular complexity index is 933. The van der Waals surface area contributed by atoms with Crippen LogP contribution < -0.4 is 10.2 Å². The molecule has 0 bridgehead atoms. The molecule has 0 spiro atoms. The predicted octanol–water partition coefficient (Wildman–Crippen LogP) is 4.10. The summed E-state index contributed by atoms with van der Waals surface area (Å²) in [4.78, 5) is 28.6. The fourth-order valence-electron chi connectivity index (χ4n) is 3.66. The lowest BCUT2D eigenvalue weighted by Gasteiger charge is -2.27. The first-order valence-corrected chi connectivity index (χ1v) is 10.2. The molecule has 5 nitrogen and oxygen atoms in total. The number of furan rings is 1. The lowest BCUT2D eigenvalue weighted by atomic mass is 9.97. The summed E-state index contributed by atoms with van der Waals surface area (Å²) in [5.41, 5.74) is 1.97. The van der Waals surface area contributed by atoms with Gasteiger partial charge in [0.15, 0.2) is 0 Å². The maximum absolute atomic E-state index is 12.9. The fraction of sp³-hybridized carbons (Fsp3) is 0.273. The third-order valence-electron chi connectivity index (χ3n) is 5.06. The molecule has 3 heterocycles. The van der Waals surface area contributed by atoms with Crippen LogP contribution in [0.25, 0.3) is 0 Å². The molecule has 0 saturated carbocycles. The number of carbonyl (C=O) groups is 2. The highest BCUT2D eigenvalue weighted by Crippen LogP contribution is 2.43. The van der Waals surface area contributed by atoms with Gasteiger partial charge in [0, 0.05) is 30.0 Å². The average Bonchev–Trinajstić information content (AvgIpc) is 3.43. The number of hydrogen-bond acceptors (Lipinski definition) is 4. The number of thiophene rings is 1. The van der Waals surface area contributed by atoms with E-state index >= 15 is 0 Å². The highest BCUT2D eigenvalue weighted by Gasteiger charge is 2.45. The second kappa shape index (κ2) is 8.02. The fourth-order valence-corrected chi connectivity index (χ4v) is 4.54. The van der Waals surface area contributed by atoms with Crippen LogP contribution in [0, 0.1) is 12.8 Å². The molecule has 2 atom stereocenters. The standard InChI is InChI=1S/C22H22N2O3S/c1-15-6-8-16(9-7-15)24-20(25)14-18(21(24)19-5-3-13-28-19)22(26)23-11-10-17-4-2-12-27-17/h2-9,12-13,18,21H,10-11,14H2,1H3,(H,23,26)/t18-,21-/m0/s1. The first-order valence-electron chi connectivity index (χ1n) is 9.35. The molecule has 1 aliphatic heterocycles. The predicted molar refractivity (Wildman–Crippen MR) is 109 cm³/mol. The van der Waals surface area contributed by atoms with Gasteiger partial charge in [-0.3, -0.25) is 9.59 Å². The Morgan fingerprint density at radius 2 is 2.04 bits per heavy atom. The van der Waals surface area contributed by atoms with Crippen LogP contribution in [-0.2, 0) is 16.0 Å². The Morgan fingerprint density at radius 1 is 1.21 bits per heavy atom. The van der Waals surface area contributed by atoms with Crippen molar-refractivity contribution in [3.05, 3.63) is 76.4 Å². The maximum atomic E-state index is 12.9. The van der Waals surface area contributed by atoms with Gasteiger partial charge in [-0.05, 0) is 42.6 Å². The van der Waals surface area contributed by atoms with Crippen molar-refractivity contribution in [2.75, 3.05) is 11.4 Å². The molecule has 0 radical (unpaired) electrons. The molecule has 2 amide bonds. The van der Waals surface area contributed by atoms with Gasteiger partial charge in [0.25, 0.3) is 0 Å². The third-order valence-corrected chi connectivity index (χ3v) is 6.00. The van der Waals surface area contributed by atoms with E-state index in [2.05, 4.69) is 5.32 Å². The summed E-state index contributed by atoms with van der Waals surface area (Å²) in [6.45, 7) is 2.50. The van der Waals surface area contributed by atoms with Crippen LogP contribution in [0.5, 0.6) is 0 Å². The maximum Gasteiger partial charge on any atom is 0.228 e. The molecule has 0 unspecified atom stereocenters. The SMILES string of the molecule is Cc1ccc(N2C(=O)C[C@H](C(=O)NCCc3ccco3)[C@H]2c2cccs2)cc1. The number of hydrogen-bond donors (Lipinski definition) is 1. The van der Waals surface area contributed by atoms with Crippen molar-refractivity contribution in [2.45, 2.75) is 25.8 Å². The van der Waals surface area contributed by atoms with Crippen LogP contribution in [-0.4, -0.2) is 18.4 Å². The lowest BCUT2D eigenvalue weighted by Crippen LogP contribution is -2.36. The zero-order chi connectivity index (χ0) is 19.5. The van der Waals surface area contributed by atoms with Crippen LogP contribution in [0.4, 0.5) is 5.69 Å². The van der Waals surface area contributed by atoms with E-state index < -0.39 is 5.92 Å². The van der Waals surface area contributed by atoms with Crippen LogP contribution in [0.2, 0.25) is 0 Å². The molecule has 1 saturated heterocycles. The average molecular weight is 394 g/mol. The summed E-state index contributed by atoms with van der Waals surface area (Å²) in [6, 6.07) is 15.3. The molecule has 1 aliphatic rings. The lowest BCUT2D eigenvalue weighted by molar-refractivity contribution is -0.126. The van der Waals surface area contributed by atoms with E-state index in [0.29, 0.717) is 13.0 Å². The largest absolute Gasteiger partial charge is 0.469 e. The second-order valence-electron chi connectivity index (χ2n) is 6.99. The summed E-state index contributed by atoms with van der Waals surface area (Å²) in [7, 11) is 0. The van der Waals surface area contributed by atoms with Gasteiger partial charge in [-0.1, -0.05) is 23.8 Å². The van der Waals surface area contributed by atoms with Crippen LogP contribution in [0.1, 0.15) is 28.7 Å². The smallest absolute Gasteiger partial charge is 0.228 e. The van der Waals surface area contributed by atoms with Crippen molar-refractivity contribution in [1.82, 2.24) is 5.32 Å². The molecule has 2 aromatic heterocycles. The normalized spacial score (nSPS) is 19.2. The minimum atomic E-state index is -0.413. The zero-order valence-electron chi connectivity index (χ0n) is 15.6. The van der Waals surface area contributed by atoms with Gasteiger partial charge >= 0.3 is 0 Å². The number of amides is 2. The van der Waals surface area contributed by atoms with Gasteiger partial charge in [0.2, 0.25) is 11.8 Å². The van der Waals surface area contributed by atoms with E-state index in [1.54, 1.807) is 22.5 Å². The summed E-state index contributed by atoms with van der Waals surface area (Å²) in [5, 5.41) is 4.97. The van der Waals surface area contributed by atoms with Crippen molar-refractivity contribution in [3.8, 4) is 0 Å². The van der Waals surface area contributed by atoms with Gasteiger partial charge in [-0.2, -0.15) is 0 Å². The topological polar surface area (TPSA) is 62.6 Å². The van der Waals surface area contributed by atoms with Crippen LogP contribution in [0.15, 0.2) is 64.6 Å². The Labute approximate surface area is 168 Å². The van der Waals surface area contributed by atoms with Crippen LogP contribution in [0.3, 0.4) is 0 Å². The van der Waals surface area contributed by atoms with Crippen molar-refractivity contribution in [3.63, 3.8) is 0 Å². The Kier molecular flexibility index (Phi) is 5.30. The third kappa shape index (κ3) is 3.73. The van der Waals surface area contributed by atoms with Crippen molar-refractivity contribution in [2.24, 2.45) is 5.92 Å². The molecule has 28 heavy (non-hydrogen) atoms. The van der Waals surface area contributed by atoms with Gasteiger partial charge in [0.05, 0.1) is 18.2 Å². The first kappa shape index (κ1) is 18.5. The summed E-state index contributed by atoms with van der Waals surface area (Å²) < 4.78 is 5.31. The van der Waals surface area contributed by atoms with E-state index in [-0.39, 0.29) is 24.3 Å². The molecule has 0 aliphatic carbocycles. The van der Waals surface area contributed by atoms with Crippen molar-refractivity contribution < 1.29 is 14.0 Å². The number of anilines is 1. The molecule has 1 aromatic carbocycles. The molecule has 144 valence electrons. The number of carbonyl (C=O) groups excluding carboxylic acids is 2. The molecule has 4 rings (SSSR count). The zero-order valence-corrected chi connectivity index (χ0v) is 16.4. The van der Waals surface area contributed by atoms with Crippen LogP contribution >= 0.6 is 11.3 Å². The monoisotopic (exact) mass is 394 g/mol. The molecular weight excluding hydrogens is 372 g/mol. The molecule has 1 fully saturated rings. The van der Waals surface area contributed by atoms with Crippen molar-refractivity contribution >= 4 is 28.8 Å². The number of nitrogens with zero attached hydrogens (tertiary/aromatic N) is 1. The van der Waals surface area contributed by atoms with E-state index in [1.165, 1.54) is 0 Å². The van der Waals surface area contributed by atoms with E-state index in [0.717, 1.165) is 21.9 Å². The highest BCUT2D eigenvalue weighted by molar-refractivity contribution is 7.10. The van der Waals surface area contributed by atoms with Crippen molar-refractivity contribution in [1.29, 1.82) is 0 Å². The summed E-state index contributed by atoms with van der Waals surface area (Å²) >= 11 is 1.58. The Hall–Kier alpha value is -2.86. The first-order chi connectivity index (χ1) is 13.6. The Balaban J connectivity index is 1.55. The van der Waals surface area contributed by atoms with E-state index in [4.69, 9.17) is 4.42 Å². The number of benzene rings is 1.